The van der Waals surface area contributed by atoms with Gasteiger partial charge in [0.1, 0.15) is 17.4 Å². The van der Waals surface area contributed by atoms with Crippen LogP contribution in [-0.4, -0.2) is 24.1 Å². The molecule has 180 valence electrons. The standard InChI is InChI=1S/C28H28N2O4S/c1-18-16-21(34-17-25-29-22-8-6-7-9-24(22)35-25)14-15-23(18)30(27(32)33-5)26(31)19-10-12-20(13-11-19)28(2,3)4/h6-16H,17H2,1-5H3. The van der Waals surface area contributed by atoms with Gasteiger partial charge in [-0.05, 0) is 65.9 Å². The van der Waals surface area contributed by atoms with Crippen LogP contribution in [0.3, 0.4) is 0 Å². The lowest BCUT2D eigenvalue weighted by molar-refractivity contribution is 0.0975. The van der Waals surface area contributed by atoms with Crippen LogP contribution in [0.4, 0.5) is 10.5 Å². The number of para-hydroxylation sites is 1. The third-order valence-electron chi connectivity index (χ3n) is 5.67. The van der Waals surface area contributed by atoms with Gasteiger partial charge in [-0.25, -0.2) is 14.7 Å². The average Bonchev–Trinajstić information content (AvgIpc) is 3.26. The normalized spacial score (nSPS) is 11.3. The second-order valence-electron chi connectivity index (χ2n) is 9.25. The zero-order valence-electron chi connectivity index (χ0n) is 20.5. The fraction of sp³-hybridized carbons (Fsp3) is 0.250. The molecule has 1 aromatic heterocycles. The molecule has 0 atom stereocenters. The Hall–Kier alpha value is -3.71. The lowest BCUT2D eigenvalue weighted by Crippen LogP contribution is -2.37. The summed E-state index contributed by atoms with van der Waals surface area (Å²) in [4.78, 5) is 31.6. The first kappa shape index (κ1) is 24.4. The van der Waals surface area contributed by atoms with E-state index >= 15 is 0 Å². The predicted octanol–water partition coefficient (Wildman–Crippen LogP) is 6.89. The quantitative estimate of drug-likeness (QED) is 0.306. The SMILES string of the molecule is COC(=O)N(C(=O)c1ccc(C(C)(C)C)cc1)c1ccc(OCc2nc3ccccc3s2)cc1C. The lowest BCUT2D eigenvalue weighted by atomic mass is 9.86. The number of nitrogens with zero attached hydrogens (tertiary/aromatic N) is 2. The Balaban J connectivity index is 1.55. The molecule has 0 aliphatic rings. The third kappa shape index (κ3) is 5.35. The molecule has 3 aromatic carbocycles. The van der Waals surface area contributed by atoms with E-state index in [1.807, 2.05) is 43.3 Å². The first-order chi connectivity index (χ1) is 16.7. The number of carbonyl (C=O) groups excluding carboxylic acids is 2. The van der Waals surface area contributed by atoms with Gasteiger partial charge in [-0.2, -0.15) is 0 Å². The predicted molar refractivity (Wildman–Crippen MR) is 139 cm³/mol. The van der Waals surface area contributed by atoms with Gasteiger partial charge in [-0.3, -0.25) is 4.79 Å². The molecule has 0 spiro atoms. The van der Waals surface area contributed by atoms with Crippen LogP contribution in [0, 0.1) is 6.92 Å². The highest BCUT2D eigenvalue weighted by Crippen LogP contribution is 2.29. The summed E-state index contributed by atoms with van der Waals surface area (Å²) in [5, 5.41) is 0.873. The van der Waals surface area contributed by atoms with Gasteiger partial charge in [0.15, 0.2) is 0 Å². The number of thiazole rings is 1. The third-order valence-corrected chi connectivity index (χ3v) is 6.68. The summed E-state index contributed by atoms with van der Waals surface area (Å²) in [5.74, 6) is 0.167. The fourth-order valence-corrected chi connectivity index (χ4v) is 4.60. The molecule has 0 saturated carbocycles. The fourth-order valence-electron chi connectivity index (χ4n) is 3.72. The van der Waals surface area contributed by atoms with Crippen LogP contribution in [0.5, 0.6) is 5.75 Å². The summed E-state index contributed by atoms with van der Waals surface area (Å²) in [7, 11) is 1.26. The van der Waals surface area contributed by atoms with Crippen molar-refractivity contribution in [2.24, 2.45) is 0 Å². The van der Waals surface area contributed by atoms with Crippen molar-refractivity contribution in [2.75, 3.05) is 12.0 Å². The van der Waals surface area contributed by atoms with Gasteiger partial charge in [-0.1, -0.05) is 45.0 Å². The van der Waals surface area contributed by atoms with Gasteiger partial charge >= 0.3 is 6.09 Å². The summed E-state index contributed by atoms with van der Waals surface area (Å²) < 4.78 is 12.0. The molecule has 0 N–H and O–H groups in total. The molecule has 2 amide bonds. The zero-order chi connectivity index (χ0) is 25.2. The molecule has 1 heterocycles. The zero-order valence-corrected chi connectivity index (χ0v) is 21.3. The van der Waals surface area contributed by atoms with E-state index in [2.05, 4.69) is 25.8 Å². The molecule has 35 heavy (non-hydrogen) atoms. The molecule has 6 nitrogen and oxygen atoms in total. The molecule has 0 fully saturated rings. The van der Waals surface area contributed by atoms with E-state index < -0.39 is 12.0 Å². The number of imide groups is 1. The minimum absolute atomic E-state index is 0.0403. The van der Waals surface area contributed by atoms with E-state index in [9.17, 15) is 9.59 Å². The monoisotopic (exact) mass is 488 g/mol. The molecule has 4 aromatic rings. The molecule has 4 rings (SSSR count). The molecule has 0 bridgehead atoms. The Labute approximate surface area is 209 Å². The number of hydrogen-bond donors (Lipinski definition) is 0. The lowest BCUT2D eigenvalue weighted by Gasteiger charge is -2.23. The van der Waals surface area contributed by atoms with Crippen molar-refractivity contribution < 1.29 is 19.1 Å². The highest BCUT2D eigenvalue weighted by atomic mass is 32.1. The van der Waals surface area contributed by atoms with Crippen LogP contribution in [0.1, 0.15) is 47.3 Å². The van der Waals surface area contributed by atoms with E-state index in [4.69, 9.17) is 9.47 Å². The van der Waals surface area contributed by atoms with E-state index in [0.717, 1.165) is 25.7 Å². The molecular weight excluding hydrogens is 460 g/mol. The van der Waals surface area contributed by atoms with Gasteiger partial charge in [-0.15, -0.1) is 11.3 Å². The second kappa shape index (κ2) is 9.88. The summed E-state index contributed by atoms with van der Waals surface area (Å²) in [6.07, 6.45) is -0.749. The molecule has 7 heteroatoms. The van der Waals surface area contributed by atoms with Gasteiger partial charge in [0.05, 0.1) is 23.0 Å². The number of benzene rings is 3. The minimum atomic E-state index is -0.749. The maximum atomic E-state index is 13.3. The number of aromatic nitrogens is 1. The maximum absolute atomic E-state index is 13.3. The maximum Gasteiger partial charge on any atom is 0.421 e. The van der Waals surface area contributed by atoms with Crippen LogP contribution in [0.15, 0.2) is 66.7 Å². The number of methoxy groups -OCH3 is 1. The van der Waals surface area contributed by atoms with E-state index in [0.29, 0.717) is 29.2 Å². The first-order valence-electron chi connectivity index (χ1n) is 11.3. The smallest absolute Gasteiger partial charge is 0.421 e. The van der Waals surface area contributed by atoms with E-state index in [1.165, 1.54) is 7.11 Å². The van der Waals surface area contributed by atoms with Crippen LogP contribution in [0.25, 0.3) is 10.2 Å². The Morgan fingerprint density at radius 2 is 1.71 bits per heavy atom. The highest BCUT2D eigenvalue weighted by Gasteiger charge is 2.27. The molecule has 0 saturated heterocycles. The average molecular weight is 489 g/mol. The van der Waals surface area contributed by atoms with Gasteiger partial charge in [0.25, 0.3) is 5.91 Å². The van der Waals surface area contributed by atoms with E-state index in [1.54, 1.807) is 41.7 Å². The summed E-state index contributed by atoms with van der Waals surface area (Å²) >= 11 is 1.59. The first-order valence-corrected chi connectivity index (χ1v) is 12.1. The van der Waals surface area contributed by atoms with Gasteiger partial charge in [0, 0.05) is 5.56 Å². The largest absolute Gasteiger partial charge is 0.486 e. The summed E-state index contributed by atoms with van der Waals surface area (Å²) in [5.41, 5.74) is 3.56. The van der Waals surface area contributed by atoms with E-state index in [-0.39, 0.29) is 5.41 Å². The number of rotatable bonds is 5. The number of anilines is 1. The number of hydrogen-bond acceptors (Lipinski definition) is 6. The molecule has 0 unspecified atom stereocenters. The van der Waals surface area contributed by atoms with Crippen molar-refractivity contribution in [1.82, 2.24) is 4.98 Å². The Bertz CT molecular complexity index is 1340. The molecule has 0 radical (unpaired) electrons. The number of ether oxygens (including phenoxy) is 2. The van der Waals surface area contributed by atoms with Gasteiger partial charge in [0.2, 0.25) is 0 Å². The Morgan fingerprint density at radius 3 is 2.34 bits per heavy atom. The number of fused-ring (bicyclic) bond motifs is 1. The van der Waals surface area contributed by atoms with Crippen LogP contribution in [0.2, 0.25) is 0 Å². The topological polar surface area (TPSA) is 68.7 Å². The second-order valence-corrected chi connectivity index (χ2v) is 10.4. The summed E-state index contributed by atoms with van der Waals surface area (Å²) in [6, 6.07) is 20.5. The van der Waals surface area contributed by atoms with Crippen molar-refractivity contribution in [2.45, 2.75) is 39.7 Å². The Morgan fingerprint density at radius 1 is 1.00 bits per heavy atom. The van der Waals surface area contributed by atoms with Crippen molar-refractivity contribution in [3.8, 4) is 5.75 Å². The Kier molecular flexibility index (Phi) is 6.89. The minimum Gasteiger partial charge on any atom is -0.486 e. The number of amides is 2. The van der Waals surface area contributed by atoms with Crippen molar-refractivity contribution in [3.63, 3.8) is 0 Å². The van der Waals surface area contributed by atoms with Gasteiger partial charge < -0.3 is 9.47 Å². The molecule has 0 aliphatic carbocycles. The molecular formula is C28H28N2O4S. The highest BCUT2D eigenvalue weighted by molar-refractivity contribution is 7.18. The van der Waals surface area contributed by atoms with Crippen LogP contribution in [-0.2, 0) is 16.8 Å². The molecule has 0 aliphatic heterocycles. The number of aryl methyl sites for hydroxylation is 1. The van der Waals surface area contributed by atoms with Crippen molar-refractivity contribution >= 4 is 39.2 Å². The van der Waals surface area contributed by atoms with Crippen LogP contribution >= 0.6 is 11.3 Å². The summed E-state index contributed by atoms with van der Waals surface area (Å²) in [6.45, 7) is 8.47. The number of carbonyl (C=O) groups is 2. The van der Waals surface area contributed by atoms with Crippen molar-refractivity contribution in [3.05, 3.63) is 88.4 Å². The van der Waals surface area contributed by atoms with Crippen LogP contribution < -0.4 is 9.64 Å². The van der Waals surface area contributed by atoms with Crippen molar-refractivity contribution in [1.29, 1.82) is 0 Å².